The van der Waals surface area contributed by atoms with Crippen LogP contribution in [0.5, 0.6) is 5.75 Å². The van der Waals surface area contributed by atoms with Gasteiger partial charge in [-0.3, -0.25) is 9.47 Å². The largest absolute Gasteiger partial charge is 0.497 e. The van der Waals surface area contributed by atoms with Crippen LogP contribution in [-0.2, 0) is 13.1 Å². The minimum Gasteiger partial charge on any atom is -0.497 e. The van der Waals surface area contributed by atoms with Gasteiger partial charge in [-0.05, 0) is 48.5 Å². The molecule has 3 aromatic heterocycles. The maximum atomic E-state index is 12.5. The molecule has 1 aliphatic heterocycles. The van der Waals surface area contributed by atoms with E-state index >= 15 is 0 Å². The first-order chi connectivity index (χ1) is 16.2. The molecule has 0 radical (unpaired) electrons. The monoisotopic (exact) mass is 446 g/mol. The third kappa shape index (κ3) is 4.54. The summed E-state index contributed by atoms with van der Waals surface area (Å²) in [5.74, 6) is 2.47. The molecule has 0 saturated carbocycles. The molecule has 0 unspecified atom stereocenters. The van der Waals surface area contributed by atoms with Gasteiger partial charge < -0.3 is 19.4 Å². The van der Waals surface area contributed by atoms with Crippen molar-refractivity contribution in [3.05, 3.63) is 72.6 Å². The van der Waals surface area contributed by atoms with Gasteiger partial charge in [-0.25, -0.2) is 14.8 Å². The molecule has 1 aromatic carbocycles. The highest BCUT2D eigenvalue weighted by Gasteiger charge is 2.23. The van der Waals surface area contributed by atoms with E-state index in [0.717, 1.165) is 47.3 Å². The summed E-state index contributed by atoms with van der Waals surface area (Å²) in [4.78, 5) is 26.1. The lowest BCUT2D eigenvalue weighted by Gasteiger charge is -2.34. The number of pyridine rings is 1. The Morgan fingerprint density at radius 2 is 1.91 bits per heavy atom. The lowest BCUT2D eigenvalue weighted by molar-refractivity contribution is 0.132. The van der Waals surface area contributed by atoms with E-state index < -0.39 is 0 Å². The van der Waals surface area contributed by atoms with E-state index in [2.05, 4.69) is 19.8 Å². The summed E-state index contributed by atoms with van der Waals surface area (Å²) >= 11 is 0. The molecule has 170 valence electrons. The molecular formula is C24H26N6O3. The first-order valence-electron chi connectivity index (χ1n) is 11.0. The summed E-state index contributed by atoms with van der Waals surface area (Å²) in [6.45, 7) is 3.92. The molecule has 1 aliphatic rings. The highest BCUT2D eigenvalue weighted by Crippen LogP contribution is 2.23. The number of fused-ring (bicyclic) bond motifs is 1. The fourth-order valence-electron chi connectivity index (χ4n) is 4.06. The van der Waals surface area contributed by atoms with Crippen molar-refractivity contribution in [1.82, 2.24) is 29.7 Å². The molecule has 0 bridgehead atoms. The normalized spacial score (nSPS) is 14.5. The van der Waals surface area contributed by atoms with E-state index in [1.807, 2.05) is 53.4 Å². The Kier molecular flexibility index (Phi) is 5.95. The number of rotatable bonds is 6. The van der Waals surface area contributed by atoms with Gasteiger partial charge in [0.05, 0.1) is 26.5 Å². The molecular weight excluding hydrogens is 420 g/mol. The average molecular weight is 447 g/mol. The van der Waals surface area contributed by atoms with E-state index in [1.165, 1.54) is 0 Å². The molecule has 9 nitrogen and oxygen atoms in total. The minimum absolute atomic E-state index is 0.0688. The molecule has 1 fully saturated rings. The molecule has 2 amide bonds. The van der Waals surface area contributed by atoms with Crippen LogP contribution in [0.15, 0.2) is 65.4 Å². The summed E-state index contributed by atoms with van der Waals surface area (Å²) in [5, 5.41) is 2.92. The fraction of sp³-hybridized carbons (Fsp3) is 0.292. The van der Waals surface area contributed by atoms with Gasteiger partial charge >= 0.3 is 6.03 Å². The van der Waals surface area contributed by atoms with Crippen molar-refractivity contribution in [2.45, 2.75) is 13.1 Å². The molecule has 1 saturated heterocycles. The highest BCUT2D eigenvalue weighted by atomic mass is 16.5. The number of urea groups is 1. The van der Waals surface area contributed by atoms with Crippen LogP contribution in [0.1, 0.15) is 11.6 Å². The summed E-state index contributed by atoms with van der Waals surface area (Å²) < 4.78 is 12.7. The van der Waals surface area contributed by atoms with Gasteiger partial charge in [0.2, 0.25) is 0 Å². The summed E-state index contributed by atoms with van der Waals surface area (Å²) in [5.41, 5.74) is 2.68. The third-order valence-corrected chi connectivity index (χ3v) is 5.83. The van der Waals surface area contributed by atoms with Gasteiger partial charge in [0.25, 0.3) is 0 Å². The summed E-state index contributed by atoms with van der Waals surface area (Å²) in [6.07, 6.45) is 3.39. The fourth-order valence-corrected chi connectivity index (χ4v) is 4.06. The maximum absolute atomic E-state index is 12.5. The molecule has 0 aliphatic carbocycles. The first-order valence-corrected chi connectivity index (χ1v) is 11.0. The molecule has 1 N–H and O–H groups in total. The van der Waals surface area contributed by atoms with Crippen molar-refractivity contribution in [1.29, 1.82) is 0 Å². The first kappa shape index (κ1) is 21.0. The van der Waals surface area contributed by atoms with Gasteiger partial charge in [-0.1, -0.05) is 0 Å². The summed E-state index contributed by atoms with van der Waals surface area (Å²) in [7, 11) is 1.66. The molecule has 33 heavy (non-hydrogen) atoms. The van der Waals surface area contributed by atoms with Crippen LogP contribution in [-0.4, -0.2) is 63.7 Å². The van der Waals surface area contributed by atoms with Crippen LogP contribution in [0.4, 0.5) is 4.79 Å². The predicted octanol–water partition coefficient (Wildman–Crippen LogP) is 3.05. The Morgan fingerprint density at radius 3 is 2.64 bits per heavy atom. The molecule has 0 atom stereocenters. The molecule has 5 rings (SSSR count). The van der Waals surface area contributed by atoms with Gasteiger partial charge in [-0.2, -0.15) is 0 Å². The van der Waals surface area contributed by atoms with Crippen LogP contribution in [0.25, 0.3) is 16.9 Å². The molecule has 9 heteroatoms. The lowest BCUT2D eigenvalue weighted by atomic mass is 10.3. The smallest absolute Gasteiger partial charge is 0.317 e. The van der Waals surface area contributed by atoms with Crippen molar-refractivity contribution < 1.29 is 13.9 Å². The quantitative estimate of drug-likeness (QED) is 0.490. The molecule has 0 spiro atoms. The van der Waals surface area contributed by atoms with Crippen LogP contribution < -0.4 is 10.1 Å². The van der Waals surface area contributed by atoms with Crippen molar-refractivity contribution >= 4 is 17.2 Å². The number of methoxy groups -OCH3 is 1. The van der Waals surface area contributed by atoms with Crippen molar-refractivity contribution in [3.8, 4) is 11.4 Å². The van der Waals surface area contributed by atoms with Crippen LogP contribution in [0.3, 0.4) is 0 Å². The number of amides is 2. The Balaban J connectivity index is 1.27. The number of nitrogens with one attached hydrogen (secondary N) is 1. The Labute approximate surface area is 191 Å². The second-order valence-electron chi connectivity index (χ2n) is 7.91. The number of hydrogen-bond acceptors (Lipinski definition) is 6. The second kappa shape index (κ2) is 9.33. The van der Waals surface area contributed by atoms with Gasteiger partial charge in [0, 0.05) is 38.1 Å². The van der Waals surface area contributed by atoms with E-state index in [1.54, 1.807) is 19.6 Å². The van der Waals surface area contributed by atoms with E-state index in [4.69, 9.17) is 14.1 Å². The number of imidazole rings is 1. The standard InChI is InChI=1S/C24H26N6O3/c1-32-19-8-6-18(7-9-19)30-22(27-21-5-2-10-25-23(21)30)17-28-11-13-29(14-12-28)24(31)26-16-20-4-3-15-33-20/h2-10,15H,11-14,16-17H2,1H3,(H,26,31). The van der Waals surface area contributed by atoms with Crippen molar-refractivity contribution in [2.24, 2.45) is 0 Å². The highest BCUT2D eigenvalue weighted by molar-refractivity contribution is 5.74. The van der Waals surface area contributed by atoms with Crippen LogP contribution >= 0.6 is 0 Å². The van der Waals surface area contributed by atoms with Crippen LogP contribution in [0.2, 0.25) is 0 Å². The topological polar surface area (TPSA) is 88.7 Å². The van der Waals surface area contributed by atoms with E-state index in [-0.39, 0.29) is 6.03 Å². The molecule has 4 aromatic rings. The zero-order chi connectivity index (χ0) is 22.6. The number of piperazine rings is 1. The van der Waals surface area contributed by atoms with Crippen molar-refractivity contribution in [2.75, 3.05) is 33.3 Å². The number of ether oxygens (including phenoxy) is 1. The zero-order valence-electron chi connectivity index (χ0n) is 18.5. The minimum atomic E-state index is -0.0688. The van der Waals surface area contributed by atoms with Gasteiger partial charge in [0.1, 0.15) is 22.9 Å². The Morgan fingerprint density at radius 1 is 1.09 bits per heavy atom. The number of hydrogen-bond donors (Lipinski definition) is 1. The van der Waals surface area contributed by atoms with Crippen molar-refractivity contribution in [3.63, 3.8) is 0 Å². The van der Waals surface area contributed by atoms with E-state index in [9.17, 15) is 4.79 Å². The average Bonchev–Trinajstić information content (AvgIpc) is 3.51. The number of carbonyl (C=O) groups excluding carboxylic acids is 1. The molecule has 4 heterocycles. The number of carbonyl (C=O) groups is 1. The summed E-state index contributed by atoms with van der Waals surface area (Å²) in [6, 6.07) is 15.4. The van der Waals surface area contributed by atoms with Crippen LogP contribution in [0, 0.1) is 0 Å². The lowest BCUT2D eigenvalue weighted by Crippen LogP contribution is -2.51. The van der Waals surface area contributed by atoms with E-state index in [0.29, 0.717) is 26.2 Å². The number of aromatic nitrogens is 3. The van der Waals surface area contributed by atoms with Gasteiger partial charge in [-0.15, -0.1) is 0 Å². The number of benzene rings is 1. The predicted molar refractivity (Wildman–Crippen MR) is 123 cm³/mol. The maximum Gasteiger partial charge on any atom is 0.317 e. The number of furan rings is 1. The van der Waals surface area contributed by atoms with Gasteiger partial charge in [0.15, 0.2) is 5.65 Å². The Hall–Kier alpha value is -3.85. The zero-order valence-corrected chi connectivity index (χ0v) is 18.5. The second-order valence-corrected chi connectivity index (χ2v) is 7.91. The number of nitrogens with zero attached hydrogens (tertiary/aromatic N) is 5. The Bertz CT molecular complexity index is 1210. The third-order valence-electron chi connectivity index (χ3n) is 5.83. The SMILES string of the molecule is COc1ccc(-n2c(CN3CCN(C(=O)NCc4ccco4)CC3)nc3cccnc32)cc1.